The Hall–Kier alpha value is -1.67. The molecule has 0 aliphatic carbocycles. The molecule has 1 aromatic heterocycles. The molecule has 2 nitrogen and oxygen atoms in total. The molecule has 1 N–H and O–H groups in total. The van der Waals surface area contributed by atoms with E-state index in [1.807, 2.05) is 25.4 Å². The summed E-state index contributed by atoms with van der Waals surface area (Å²) in [5.74, 6) is 0. The van der Waals surface area contributed by atoms with Crippen LogP contribution >= 0.6 is 0 Å². The van der Waals surface area contributed by atoms with Crippen LogP contribution in [0, 0.1) is 13.8 Å². The van der Waals surface area contributed by atoms with Gasteiger partial charge in [0, 0.05) is 6.20 Å². The predicted molar refractivity (Wildman–Crippen MR) is 75.7 cm³/mol. The van der Waals surface area contributed by atoms with Gasteiger partial charge in [-0.25, -0.2) is 0 Å². The molecule has 1 unspecified atom stereocenters. The molecular weight excluding hydrogens is 220 g/mol. The molecule has 2 heteroatoms. The summed E-state index contributed by atoms with van der Waals surface area (Å²) >= 11 is 0. The van der Waals surface area contributed by atoms with Crippen molar-refractivity contribution in [1.29, 1.82) is 0 Å². The van der Waals surface area contributed by atoms with Crippen molar-refractivity contribution in [1.82, 2.24) is 10.3 Å². The number of nitrogens with zero attached hydrogens (tertiary/aromatic N) is 1. The molecule has 0 bridgehead atoms. The Labute approximate surface area is 109 Å². The second kappa shape index (κ2) is 5.78. The minimum absolute atomic E-state index is 0.269. The van der Waals surface area contributed by atoms with Gasteiger partial charge in [-0.05, 0) is 56.1 Å². The smallest absolute Gasteiger partial charge is 0.0576 e. The molecule has 0 radical (unpaired) electrons. The molecule has 1 atom stereocenters. The van der Waals surface area contributed by atoms with Gasteiger partial charge in [0.2, 0.25) is 0 Å². The lowest BCUT2D eigenvalue weighted by Gasteiger charge is -2.18. The van der Waals surface area contributed by atoms with Gasteiger partial charge in [-0.1, -0.05) is 24.3 Å². The first-order chi connectivity index (χ1) is 8.72. The summed E-state index contributed by atoms with van der Waals surface area (Å²) in [4.78, 5) is 4.44. The topological polar surface area (TPSA) is 24.9 Å². The Kier molecular flexibility index (Phi) is 4.11. The van der Waals surface area contributed by atoms with Gasteiger partial charge in [-0.15, -0.1) is 0 Å². The average molecular weight is 240 g/mol. The van der Waals surface area contributed by atoms with Crippen molar-refractivity contribution in [2.24, 2.45) is 0 Å². The van der Waals surface area contributed by atoms with E-state index in [1.54, 1.807) is 0 Å². The molecule has 2 rings (SSSR count). The molecule has 1 aromatic carbocycles. The third kappa shape index (κ3) is 2.77. The summed E-state index contributed by atoms with van der Waals surface area (Å²) in [5, 5.41) is 3.36. The summed E-state index contributed by atoms with van der Waals surface area (Å²) in [7, 11) is 1.99. The van der Waals surface area contributed by atoms with E-state index >= 15 is 0 Å². The van der Waals surface area contributed by atoms with E-state index < -0.39 is 0 Å². The Morgan fingerprint density at radius 3 is 2.33 bits per heavy atom. The van der Waals surface area contributed by atoms with Gasteiger partial charge >= 0.3 is 0 Å². The molecule has 0 saturated heterocycles. The Morgan fingerprint density at radius 1 is 1.06 bits per heavy atom. The molecule has 0 spiro atoms. The molecule has 0 aliphatic rings. The Morgan fingerprint density at radius 2 is 1.78 bits per heavy atom. The molecule has 2 aromatic rings. The van der Waals surface area contributed by atoms with E-state index in [1.165, 1.54) is 16.7 Å². The van der Waals surface area contributed by atoms with Crippen molar-refractivity contribution >= 4 is 0 Å². The first kappa shape index (κ1) is 12.8. The molecular formula is C16H20N2. The maximum Gasteiger partial charge on any atom is 0.0576 e. The van der Waals surface area contributed by atoms with Gasteiger partial charge in [0.1, 0.15) is 0 Å². The number of pyridine rings is 1. The van der Waals surface area contributed by atoms with Crippen LogP contribution in [0.4, 0.5) is 0 Å². The van der Waals surface area contributed by atoms with Crippen LogP contribution in [0.5, 0.6) is 0 Å². The first-order valence-electron chi connectivity index (χ1n) is 6.35. The quantitative estimate of drug-likeness (QED) is 0.887. The second-order valence-electron chi connectivity index (χ2n) is 4.67. The van der Waals surface area contributed by atoms with Gasteiger partial charge in [-0.2, -0.15) is 0 Å². The van der Waals surface area contributed by atoms with Crippen molar-refractivity contribution in [3.8, 4) is 0 Å². The summed E-state index contributed by atoms with van der Waals surface area (Å²) < 4.78 is 0. The van der Waals surface area contributed by atoms with Crippen LogP contribution in [0.15, 0.2) is 42.6 Å². The maximum atomic E-state index is 4.44. The first-order valence-corrected chi connectivity index (χ1v) is 6.35. The SMILES string of the molecule is CNC(Cc1c(C)cccc1C)c1ccccn1. The minimum atomic E-state index is 0.269. The standard InChI is InChI=1S/C16H20N2/c1-12-7-6-8-13(2)14(12)11-16(17-3)15-9-4-5-10-18-15/h4-10,16-17H,11H2,1-3H3. The second-order valence-corrected chi connectivity index (χ2v) is 4.67. The highest BCUT2D eigenvalue weighted by Gasteiger charge is 2.13. The van der Waals surface area contributed by atoms with E-state index in [9.17, 15) is 0 Å². The lowest BCUT2D eigenvalue weighted by molar-refractivity contribution is 0.573. The molecule has 0 amide bonds. The largest absolute Gasteiger partial charge is 0.311 e. The van der Waals surface area contributed by atoms with Crippen molar-refractivity contribution in [3.63, 3.8) is 0 Å². The van der Waals surface area contributed by atoms with Crippen molar-refractivity contribution < 1.29 is 0 Å². The van der Waals surface area contributed by atoms with Crippen LogP contribution in [-0.4, -0.2) is 12.0 Å². The highest BCUT2D eigenvalue weighted by atomic mass is 14.9. The third-order valence-electron chi connectivity index (χ3n) is 3.45. The number of likely N-dealkylation sites (N-methyl/N-ethyl adjacent to an activating group) is 1. The lowest BCUT2D eigenvalue weighted by atomic mass is 9.95. The van der Waals surface area contributed by atoms with Gasteiger partial charge < -0.3 is 5.32 Å². The summed E-state index contributed by atoms with van der Waals surface area (Å²) in [6.45, 7) is 4.35. The van der Waals surface area contributed by atoms with Crippen LogP contribution in [0.3, 0.4) is 0 Å². The molecule has 0 saturated carbocycles. The van der Waals surface area contributed by atoms with Gasteiger partial charge in [0.15, 0.2) is 0 Å². The fourth-order valence-corrected chi connectivity index (χ4v) is 2.31. The predicted octanol–water partition coefficient (Wildman–Crippen LogP) is 3.20. The number of aromatic nitrogens is 1. The van der Waals surface area contributed by atoms with E-state index in [-0.39, 0.29) is 6.04 Å². The van der Waals surface area contributed by atoms with E-state index in [0.717, 1.165) is 12.1 Å². The van der Waals surface area contributed by atoms with Gasteiger partial charge in [0.25, 0.3) is 0 Å². The van der Waals surface area contributed by atoms with E-state index in [2.05, 4.69) is 48.4 Å². The zero-order valence-corrected chi connectivity index (χ0v) is 11.3. The molecule has 1 heterocycles. The zero-order valence-electron chi connectivity index (χ0n) is 11.3. The molecule has 94 valence electrons. The monoisotopic (exact) mass is 240 g/mol. The molecule has 0 fully saturated rings. The van der Waals surface area contributed by atoms with Crippen molar-refractivity contribution in [2.75, 3.05) is 7.05 Å². The molecule has 18 heavy (non-hydrogen) atoms. The van der Waals surface area contributed by atoms with Gasteiger partial charge in [-0.3, -0.25) is 4.98 Å². The number of aryl methyl sites for hydroxylation is 2. The Balaban J connectivity index is 2.26. The van der Waals surface area contributed by atoms with Crippen molar-refractivity contribution in [3.05, 3.63) is 65.0 Å². The van der Waals surface area contributed by atoms with Crippen molar-refractivity contribution in [2.45, 2.75) is 26.3 Å². The van der Waals surface area contributed by atoms with Crippen LogP contribution in [0.2, 0.25) is 0 Å². The van der Waals surface area contributed by atoms with Crippen LogP contribution < -0.4 is 5.32 Å². The summed E-state index contributed by atoms with van der Waals surface area (Å²) in [6, 6.07) is 12.8. The fourth-order valence-electron chi connectivity index (χ4n) is 2.31. The number of rotatable bonds is 4. The average Bonchev–Trinajstić information content (AvgIpc) is 2.40. The van der Waals surface area contributed by atoms with Crippen LogP contribution in [-0.2, 0) is 6.42 Å². The number of nitrogens with one attached hydrogen (secondary N) is 1. The number of hydrogen-bond donors (Lipinski definition) is 1. The molecule has 0 aliphatic heterocycles. The van der Waals surface area contributed by atoms with Crippen LogP contribution in [0.1, 0.15) is 28.4 Å². The Bertz CT molecular complexity index is 486. The van der Waals surface area contributed by atoms with E-state index in [4.69, 9.17) is 0 Å². The summed E-state index contributed by atoms with van der Waals surface area (Å²) in [5.41, 5.74) is 5.22. The normalized spacial score (nSPS) is 12.4. The zero-order chi connectivity index (χ0) is 13.0. The number of benzene rings is 1. The van der Waals surface area contributed by atoms with Gasteiger partial charge in [0.05, 0.1) is 11.7 Å². The third-order valence-corrected chi connectivity index (χ3v) is 3.45. The highest BCUT2D eigenvalue weighted by molar-refractivity contribution is 5.34. The number of hydrogen-bond acceptors (Lipinski definition) is 2. The fraction of sp³-hybridized carbons (Fsp3) is 0.312. The summed E-state index contributed by atoms with van der Waals surface area (Å²) in [6.07, 6.45) is 2.83. The highest BCUT2D eigenvalue weighted by Crippen LogP contribution is 2.21. The maximum absolute atomic E-state index is 4.44. The minimum Gasteiger partial charge on any atom is -0.311 e. The van der Waals surface area contributed by atoms with Crippen LogP contribution in [0.25, 0.3) is 0 Å². The lowest BCUT2D eigenvalue weighted by Crippen LogP contribution is -2.20. The van der Waals surface area contributed by atoms with E-state index in [0.29, 0.717) is 0 Å².